The summed E-state index contributed by atoms with van der Waals surface area (Å²) in [4.78, 5) is 0. The molecule has 5 heterocycles. The summed E-state index contributed by atoms with van der Waals surface area (Å²) in [6, 6.07) is 111. The summed E-state index contributed by atoms with van der Waals surface area (Å²) >= 11 is 0. The zero-order chi connectivity index (χ0) is 93.2. The van der Waals surface area contributed by atoms with E-state index in [2.05, 4.69) is 384 Å². The predicted octanol–water partition coefficient (Wildman–Crippen LogP) is 24.5. The lowest BCUT2D eigenvalue weighted by atomic mass is 9.74. The zero-order valence-corrected chi connectivity index (χ0v) is 77.1. The summed E-state index contributed by atoms with van der Waals surface area (Å²) in [5.74, 6) is 0. The Balaban J connectivity index is 0.000000120. The van der Waals surface area contributed by atoms with Crippen LogP contribution in [0.3, 0.4) is 0 Å². The molecular formula is C112H117B5O10. The van der Waals surface area contributed by atoms with Crippen molar-refractivity contribution in [1.29, 1.82) is 0 Å². The van der Waals surface area contributed by atoms with E-state index in [9.17, 15) is 0 Å². The Labute approximate surface area is 760 Å². The van der Waals surface area contributed by atoms with Crippen LogP contribution in [0.15, 0.2) is 346 Å². The third-order valence-electron chi connectivity index (χ3n) is 27.6. The van der Waals surface area contributed by atoms with Crippen molar-refractivity contribution in [1.82, 2.24) is 0 Å². The Morgan fingerprint density at radius 3 is 0.866 bits per heavy atom. The molecule has 5 saturated heterocycles. The van der Waals surface area contributed by atoms with Gasteiger partial charge in [0.25, 0.3) is 0 Å². The fraction of sp³-hybridized carbons (Fsp3) is 0.268. The van der Waals surface area contributed by atoms with E-state index in [1.54, 1.807) is 0 Å². The first-order valence-corrected chi connectivity index (χ1v) is 44.4. The van der Waals surface area contributed by atoms with Crippen LogP contribution in [0.4, 0.5) is 0 Å². The molecule has 0 aromatic heterocycles. The second kappa shape index (κ2) is 35.4. The number of fused-ring (bicyclic) bond motifs is 4. The number of hydrogen-bond acceptors (Lipinski definition) is 10. The molecule has 0 N–H and O–H groups in total. The van der Waals surface area contributed by atoms with E-state index in [1.165, 1.54) is 82.4 Å². The summed E-state index contributed by atoms with van der Waals surface area (Å²) in [5.41, 5.74) is 13.9. The van der Waals surface area contributed by atoms with Gasteiger partial charge in [-0.05, 0) is 276 Å². The molecule has 0 bridgehead atoms. The van der Waals surface area contributed by atoms with Crippen molar-refractivity contribution in [3.05, 3.63) is 346 Å². The Morgan fingerprint density at radius 2 is 0.441 bits per heavy atom. The third kappa shape index (κ3) is 18.6. The average Bonchev–Trinajstić information content (AvgIpc) is 1.52. The maximum atomic E-state index is 8.65. The van der Waals surface area contributed by atoms with Crippen molar-refractivity contribution in [2.75, 3.05) is 0 Å². The number of benzene rings is 15. The van der Waals surface area contributed by atoms with Gasteiger partial charge in [-0.15, -0.1) is 0 Å². The topological polar surface area (TPSA) is 92.3 Å². The highest BCUT2D eigenvalue weighted by Gasteiger charge is 2.56. The minimum atomic E-state index is -0.893. The Bertz CT molecular complexity index is 6600. The van der Waals surface area contributed by atoms with Crippen LogP contribution in [0, 0.1) is 0 Å². The molecule has 0 atom stereocenters. The molecule has 0 saturated carbocycles. The van der Waals surface area contributed by atoms with E-state index in [4.69, 9.17) is 52.0 Å². The van der Waals surface area contributed by atoms with Gasteiger partial charge >= 0.3 is 35.6 Å². The largest absolute Gasteiger partial charge is 0.495 e. The molecule has 20 rings (SSSR count). The summed E-state index contributed by atoms with van der Waals surface area (Å²) in [6.45, 7) is 41.1. The van der Waals surface area contributed by atoms with Crippen LogP contribution in [0.25, 0.3) is 110 Å². The van der Waals surface area contributed by atoms with E-state index in [1.807, 2.05) is 76.2 Å². The lowest BCUT2D eigenvalue weighted by molar-refractivity contribution is 0.00578. The molecule has 640 valence electrons. The van der Waals surface area contributed by atoms with E-state index in [-0.39, 0.29) is 97.5 Å². The number of hydrogen-bond donors (Lipinski definition) is 0. The molecule has 15 heteroatoms. The minimum Gasteiger partial charge on any atom is -0.399 e. The standard InChI is InChI=1S/C24H25BO2.4C22H23BO2/c1-23(2)24(3,4)27-25(26-23)22-12-8-11-21(17-22)20-15-13-19(14-16-20)18-9-6-5-7-10-18;1-21(2)22(3,4)25-23(24-21)18-12-7-11-17(15-18)20-14-8-10-16-9-5-6-13-19(16)20;2*1-21(2)22(3,4)25-23(24-21)20-15-8-7-13-19(20)18-14-9-11-16-10-5-6-12-17(16)18;1-21(2)22(3,4)25-23(24-21)18-14-12-17(13-15-18)20-11-7-9-16-8-5-6-10-19(16)20/h5-17H,1-4H3;4*5-15H,1-4H3/i;;7D,8D,13D,15D;;. The highest BCUT2D eigenvalue weighted by atomic mass is 16.7. The lowest BCUT2D eigenvalue weighted by Gasteiger charge is -2.32. The molecule has 15 aromatic carbocycles. The molecule has 127 heavy (non-hydrogen) atoms. The molecule has 0 aliphatic carbocycles. The maximum Gasteiger partial charge on any atom is 0.495 e. The monoisotopic (exact) mass is 1680 g/mol. The van der Waals surface area contributed by atoms with Crippen molar-refractivity contribution in [2.45, 2.75) is 194 Å². The maximum absolute atomic E-state index is 8.65. The minimum absolute atomic E-state index is 0.0907. The van der Waals surface area contributed by atoms with Crippen LogP contribution in [-0.2, 0) is 46.5 Å². The van der Waals surface area contributed by atoms with Gasteiger partial charge in [-0.2, -0.15) is 0 Å². The van der Waals surface area contributed by atoms with Crippen LogP contribution in [0.1, 0.15) is 144 Å². The summed E-state index contributed by atoms with van der Waals surface area (Å²) in [7, 11) is -2.24. The fourth-order valence-corrected chi connectivity index (χ4v) is 16.4. The Kier molecular flexibility index (Phi) is 23.5. The first kappa shape index (κ1) is 84.4. The smallest absolute Gasteiger partial charge is 0.399 e. The second-order valence-corrected chi connectivity index (χ2v) is 38.7. The average molecular weight is 1680 g/mol. The summed E-state index contributed by atoms with van der Waals surface area (Å²) < 4.78 is 95.7. The van der Waals surface area contributed by atoms with Gasteiger partial charge < -0.3 is 46.5 Å². The van der Waals surface area contributed by atoms with Gasteiger partial charge in [0, 0.05) is 0 Å². The first-order chi connectivity index (χ1) is 62.0. The van der Waals surface area contributed by atoms with Gasteiger partial charge in [0.05, 0.1) is 61.5 Å². The molecule has 0 amide bonds. The predicted molar refractivity (Wildman–Crippen MR) is 533 cm³/mol. The lowest BCUT2D eigenvalue weighted by Crippen LogP contribution is -2.41. The molecule has 0 radical (unpaired) electrons. The van der Waals surface area contributed by atoms with Gasteiger partial charge in [0.2, 0.25) is 0 Å². The molecule has 5 fully saturated rings. The Morgan fingerprint density at radius 1 is 0.181 bits per heavy atom. The number of rotatable bonds is 11. The van der Waals surface area contributed by atoms with E-state index >= 15 is 0 Å². The molecular weight excluding hydrogens is 1560 g/mol. The van der Waals surface area contributed by atoms with Gasteiger partial charge in [0.15, 0.2) is 0 Å². The van der Waals surface area contributed by atoms with Crippen LogP contribution in [0.2, 0.25) is 0 Å². The van der Waals surface area contributed by atoms with Crippen molar-refractivity contribution in [3.63, 3.8) is 0 Å². The first-order valence-electron chi connectivity index (χ1n) is 46.4. The van der Waals surface area contributed by atoms with Crippen molar-refractivity contribution >= 4 is 106 Å². The van der Waals surface area contributed by atoms with Crippen LogP contribution < -0.4 is 27.3 Å². The van der Waals surface area contributed by atoms with Gasteiger partial charge in [0.1, 0.15) is 0 Å². The summed E-state index contributed by atoms with van der Waals surface area (Å²) in [6.07, 6.45) is 0. The summed E-state index contributed by atoms with van der Waals surface area (Å²) in [5, 5.41) is 9.44. The highest BCUT2D eigenvalue weighted by Crippen LogP contribution is 2.44. The zero-order valence-electron chi connectivity index (χ0n) is 81.1. The fourth-order valence-electron chi connectivity index (χ4n) is 16.4. The second-order valence-electron chi connectivity index (χ2n) is 38.7. The molecule has 10 nitrogen and oxygen atoms in total. The quantitative estimate of drug-likeness (QED) is 0.117. The van der Waals surface area contributed by atoms with E-state index < -0.39 is 18.3 Å². The Hall–Kier alpha value is -10.7. The van der Waals surface area contributed by atoms with Crippen molar-refractivity contribution in [3.8, 4) is 66.8 Å². The molecule has 15 aromatic rings. The van der Waals surface area contributed by atoms with Gasteiger partial charge in [-0.25, -0.2) is 0 Å². The van der Waals surface area contributed by atoms with Crippen LogP contribution in [-0.4, -0.2) is 91.6 Å². The van der Waals surface area contributed by atoms with Gasteiger partial charge in [-0.3, -0.25) is 0 Å². The van der Waals surface area contributed by atoms with Crippen LogP contribution >= 0.6 is 0 Å². The third-order valence-corrected chi connectivity index (χ3v) is 27.6. The molecule has 0 unspecified atom stereocenters. The van der Waals surface area contributed by atoms with Gasteiger partial charge in [-0.1, -0.05) is 346 Å². The normalized spacial score (nSPS) is 18.9. The molecule has 0 spiro atoms. The van der Waals surface area contributed by atoms with E-state index in [0.717, 1.165) is 43.8 Å². The van der Waals surface area contributed by atoms with E-state index in [0.29, 0.717) is 11.0 Å². The SMILES string of the molecule is CC1(C)OB(c2ccc(-c3cccc4ccccc34)cc2)OC1(C)C.CC1(C)OB(c2cccc(-c3ccc(-c4ccccc4)cc3)c2)OC1(C)C.CC1(C)OB(c2cccc(-c3cccc4ccccc34)c2)OC1(C)C.CC1(C)OB(c2ccccc2-c2cccc3ccccc23)OC1(C)C.[2H]c1c([2H])c([2H])c(-c2cccc3ccccc23)c(B2OC(C)(C)C(C)(C)O2)c1[2H]. The molecule has 5 aliphatic rings. The molecule has 5 aliphatic heterocycles. The van der Waals surface area contributed by atoms with Crippen molar-refractivity contribution < 1.29 is 52.0 Å². The van der Waals surface area contributed by atoms with Crippen molar-refractivity contribution in [2.24, 2.45) is 0 Å². The van der Waals surface area contributed by atoms with Crippen LogP contribution in [0.5, 0.6) is 0 Å². The highest BCUT2D eigenvalue weighted by molar-refractivity contribution is 6.65.